The predicted molar refractivity (Wildman–Crippen MR) is 110 cm³/mol. The molecule has 0 spiro atoms. The maximum absolute atomic E-state index is 13.3. The van der Waals surface area contributed by atoms with Gasteiger partial charge in [0.25, 0.3) is 5.56 Å². The molecular formula is C21H22FN3O2S. The number of para-hydroxylation sites is 1. The Balaban J connectivity index is 1.78. The summed E-state index contributed by atoms with van der Waals surface area (Å²) in [4.78, 5) is 31.5. The lowest BCUT2D eigenvalue weighted by molar-refractivity contribution is -0.127. The molecule has 2 aromatic carbocycles. The first-order chi connectivity index (χ1) is 13.4. The molecule has 0 bridgehead atoms. The summed E-state index contributed by atoms with van der Waals surface area (Å²) < 4.78 is 14.9. The first-order valence-electron chi connectivity index (χ1n) is 8.99. The first kappa shape index (κ1) is 20.1. The van der Waals surface area contributed by atoms with E-state index in [1.807, 2.05) is 26.0 Å². The number of carbonyl (C=O) groups is 1. The maximum Gasteiger partial charge on any atom is 0.262 e. The summed E-state index contributed by atoms with van der Waals surface area (Å²) in [5.74, 6) is -0.301. The summed E-state index contributed by atoms with van der Waals surface area (Å²) in [6.45, 7) is 4.15. The molecule has 3 rings (SSSR count). The third kappa shape index (κ3) is 4.42. The Morgan fingerprint density at radius 3 is 2.68 bits per heavy atom. The number of halogens is 1. The second-order valence-electron chi connectivity index (χ2n) is 6.85. The molecule has 1 aromatic heterocycles. The van der Waals surface area contributed by atoms with Gasteiger partial charge < -0.3 is 4.90 Å². The fourth-order valence-electron chi connectivity index (χ4n) is 2.92. The number of hydrogen-bond donors (Lipinski definition) is 0. The van der Waals surface area contributed by atoms with Crippen molar-refractivity contribution in [1.82, 2.24) is 14.5 Å². The second-order valence-corrected chi connectivity index (χ2v) is 7.79. The molecule has 0 N–H and O–H groups in total. The zero-order valence-electron chi connectivity index (χ0n) is 16.1. The molecule has 0 unspecified atom stereocenters. The van der Waals surface area contributed by atoms with Crippen LogP contribution in [0.1, 0.15) is 25.5 Å². The van der Waals surface area contributed by atoms with E-state index in [4.69, 9.17) is 0 Å². The highest BCUT2D eigenvalue weighted by atomic mass is 32.2. The number of rotatable bonds is 6. The topological polar surface area (TPSA) is 55.2 Å². The quantitative estimate of drug-likeness (QED) is 0.466. The van der Waals surface area contributed by atoms with Gasteiger partial charge in [0.1, 0.15) is 5.82 Å². The van der Waals surface area contributed by atoms with Gasteiger partial charge in [0.05, 0.1) is 16.7 Å². The van der Waals surface area contributed by atoms with Crippen LogP contribution in [-0.4, -0.2) is 33.2 Å². The molecule has 146 valence electrons. The predicted octanol–water partition coefficient (Wildman–Crippen LogP) is 3.87. The largest absolute Gasteiger partial charge is 0.341 e. The van der Waals surface area contributed by atoms with Crippen LogP contribution in [0.3, 0.4) is 0 Å². The highest BCUT2D eigenvalue weighted by Crippen LogP contribution is 2.21. The minimum absolute atomic E-state index is 0.0766. The summed E-state index contributed by atoms with van der Waals surface area (Å²) in [5, 5.41) is 1.08. The van der Waals surface area contributed by atoms with E-state index in [2.05, 4.69) is 4.98 Å². The highest BCUT2D eigenvalue weighted by Gasteiger charge is 2.17. The third-order valence-corrected chi connectivity index (χ3v) is 5.29. The zero-order chi connectivity index (χ0) is 20.3. The number of benzene rings is 2. The van der Waals surface area contributed by atoms with Gasteiger partial charge in [0, 0.05) is 19.6 Å². The van der Waals surface area contributed by atoms with Crippen LogP contribution < -0.4 is 5.56 Å². The van der Waals surface area contributed by atoms with Crippen LogP contribution in [0.5, 0.6) is 0 Å². The number of amides is 1. The van der Waals surface area contributed by atoms with E-state index in [1.165, 1.54) is 23.9 Å². The average molecular weight is 399 g/mol. The minimum atomic E-state index is -0.325. The molecule has 0 atom stereocenters. The molecule has 0 radical (unpaired) electrons. The first-order valence-corrected chi connectivity index (χ1v) is 9.98. The van der Waals surface area contributed by atoms with Crippen molar-refractivity contribution < 1.29 is 9.18 Å². The summed E-state index contributed by atoms with van der Waals surface area (Å²) >= 11 is 1.24. The van der Waals surface area contributed by atoms with Crippen molar-refractivity contribution >= 4 is 28.6 Å². The molecule has 0 aliphatic rings. The van der Waals surface area contributed by atoms with Crippen LogP contribution in [-0.2, 0) is 11.3 Å². The van der Waals surface area contributed by atoms with Crippen molar-refractivity contribution in [3.05, 3.63) is 70.3 Å². The molecule has 3 aromatic rings. The standard InChI is InChI=1S/C21H22FN3O2S/c1-14(2)25-20(27)17-9-4-5-10-18(17)23-21(25)28-13-19(26)24(3)12-15-7-6-8-16(22)11-15/h4-11,14H,12-13H2,1-3H3. The zero-order valence-corrected chi connectivity index (χ0v) is 16.9. The van der Waals surface area contributed by atoms with Crippen LogP contribution in [0.2, 0.25) is 0 Å². The van der Waals surface area contributed by atoms with Crippen molar-refractivity contribution in [2.75, 3.05) is 12.8 Å². The fourth-order valence-corrected chi connectivity index (χ4v) is 3.99. The van der Waals surface area contributed by atoms with Gasteiger partial charge >= 0.3 is 0 Å². The number of fused-ring (bicyclic) bond motifs is 1. The molecule has 0 saturated heterocycles. The summed E-state index contributed by atoms with van der Waals surface area (Å²) in [6, 6.07) is 13.3. The summed E-state index contributed by atoms with van der Waals surface area (Å²) in [7, 11) is 1.68. The van der Waals surface area contributed by atoms with Crippen molar-refractivity contribution in [3.63, 3.8) is 0 Å². The van der Waals surface area contributed by atoms with E-state index in [-0.39, 0.29) is 29.1 Å². The second kappa shape index (κ2) is 8.56. The van der Waals surface area contributed by atoms with Gasteiger partial charge in [0.15, 0.2) is 5.16 Å². The molecule has 0 aliphatic heterocycles. The van der Waals surface area contributed by atoms with E-state index in [9.17, 15) is 14.0 Å². The Labute approximate surface area is 167 Å². The number of carbonyl (C=O) groups excluding carboxylic acids is 1. The minimum Gasteiger partial charge on any atom is -0.341 e. The normalized spacial score (nSPS) is 11.2. The Kier molecular flexibility index (Phi) is 6.14. The Morgan fingerprint density at radius 2 is 1.96 bits per heavy atom. The average Bonchev–Trinajstić information content (AvgIpc) is 2.65. The lowest BCUT2D eigenvalue weighted by atomic mass is 10.2. The Bertz CT molecular complexity index is 1060. The van der Waals surface area contributed by atoms with E-state index < -0.39 is 0 Å². The van der Waals surface area contributed by atoms with Gasteiger partial charge in [-0.1, -0.05) is 36.0 Å². The van der Waals surface area contributed by atoms with Crippen molar-refractivity contribution in [1.29, 1.82) is 0 Å². The fraction of sp³-hybridized carbons (Fsp3) is 0.286. The Hall–Kier alpha value is -2.67. The smallest absolute Gasteiger partial charge is 0.262 e. The van der Waals surface area contributed by atoms with E-state index in [0.29, 0.717) is 22.6 Å². The van der Waals surface area contributed by atoms with E-state index in [0.717, 1.165) is 5.56 Å². The number of hydrogen-bond acceptors (Lipinski definition) is 4. The van der Waals surface area contributed by atoms with Gasteiger partial charge in [-0.25, -0.2) is 9.37 Å². The van der Waals surface area contributed by atoms with Crippen LogP contribution in [0.15, 0.2) is 58.5 Å². The molecule has 7 heteroatoms. The van der Waals surface area contributed by atoms with Crippen molar-refractivity contribution in [3.8, 4) is 0 Å². The summed E-state index contributed by atoms with van der Waals surface area (Å²) in [5.41, 5.74) is 1.24. The molecule has 0 fully saturated rings. The van der Waals surface area contributed by atoms with Gasteiger partial charge in [0.2, 0.25) is 5.91 Å². The molecule has 0 aliphatic carbocycles. The number of aromatic nitrogens is 2. The van der Waals surface area contributed by atoms with Crippen LogP contribution >= 0.6 is 11.8 Å². The van der Waals surface area contributed by atoms with Crippen LogP contribution in [0.4, 0.5) is 4.39 Å². The lowest BCUT2D eigenvalue weighted by Crippen LogP contribution is -2.29. The van der Waals surface area contributed by atoms with E-state index in [1.54, 1.807) is 40.8 Å². The molecule has 0 saturated carbocycles. The van der Waals surface area contributed by atoms with Crippen LogP contribution in [0, 0.1) is 5.82 Å². The maximum atomic E-state index is 13.3. The Morgan fingerprint density at radius 1 is 1.21 bits per heavy atom. The van der Waals surface area contributed by atoms with Crippen molar-refractivity contribution in [2.45, 2.75) is 31.6 Å². The van der Waals surface area contributed by atoms with Gasteiger partial charge in [-0.05, 0) is 43.7 Å². The lowest BCUT2D eigenvalue weighted by Gasteiger charge is -2.19. The SMILES string of the molecule is CC(C)n1c(SCC(=O)N(C)Cc2cccc(F)c2)nc2ccccc2c1=O. The molecule has 28 heavy (non-hydrogen) atoms. The third-order valence-electron chi connectivity index (χ3n) is 4.35. The monoisotopic (exact) mass is 399 g/mol. The summed E-state index contributed by atoms with van der Waals surface area (Å²) in [6.07, 6.45) is 0. The number of thioether (sulfide) groups is 1. The van der Waals surface area contributed by atoms with Gasteiger partial charge in [-0.15, -0.1) is 0 Å². The van der Waals surface area contributed by atoms with E-state index >= 15 is 0 Å². The molecule has 5 nitrogen and oxygen atoms in total. The molecule has 1 heterocycles. The van der Waals surface area contributed by atoms with Gasteiger partial charge in [-0.3, -0.25) is 14.2 Å². The molecule has 1 amide bonds. The number of nitrogens with zero attached hydrogens (tertiary/aromatic N) is 3. The van der Waals surface area contributed by atoms with Crippen LogP contribution in [0.25, 0.3) is 10.9 Å². The van der Waals surface area contributed by atoms with Gasteiger partial charge in [-0.2, -0.15) is 0 Å². The highest BCUT2D eigenvalue weighted by molar-refractivity contribution is 7.99. The molecular weight excluding hydrogens is 377 g/mol. The van der Waals surface area contributed by atoms with Crippen molar-refractivity contribution in [2.24, 2.45) is 0 Å².